The average molecular weight is 250 g/mol. The van der Waals surface area contributed by atoms with Gasteiger partial charge in [-0.15, -0.1) is 0 Å². The molecule has 0 aromatic rings. The molecule has 0 rings (SSSR count). The van der Waals surface area contributed by atoms with E-state index in [2.05, 4.69) is 13.8 Å². The molecule has 0 fully saturated rings. The largest absolute Gasteiger partial charge is 0.333 e. The van der Waals surface area contributed by atoms with Crippen molar-refractivity contribution in [2.24, 2.45) is 5.92 Å². The molecule has 0 spiro atoms. The Morgan fingerprint density at radius 3 is 1.75 bits per heavy atom. The molecular formula is C12H27O3P. The van der Waals surface area contributed by atoms with Gasteiger partial charge in [0.2, 0.25) is 0 Å². The van der Waals surface area contributed by atoms with Gasteiger partial charge in [-0.05, 0) is 46.5 Å². The molecule has 0 heterocycles. The Morgan fingerprint density at radius 2 is 1.38 bits per heavy atom. The minimum absolute atomic E-state index is 0.148. The fourth-order valence-corrected chi connectivity index (χ4v) is 2.20. The average Bonchev–Trinajstić information content (AvgIpc) is 2.09. The van der Waals surface area contributed by atoms with Crippen molar-refractivity contribution in [2.75, 3.05) is 6.61 Å². The molecule has 0 radical (unpaired) electrons. The lowest BCUT2D eigenvalue weighted by Gasteiger charge is -2.20. The van der Waals surface area contributed by atoms with Gasteiger partial charge in [-0.25, -0.2) is 0 Å². The van der Waals surface area contributed by atoms with Crippen molar-refractivity contribution >= 4 is 8.60 Å². The maximum atomic E-state index is 5.63. The summed E-state index contributed by atoms with van der Waals surface area (Å²) in [6, 6.07) is 0. The van der Waals surface area contributed by atoms with Gasteiger partial charge in [0.1, 0.15) is 0 Å². The highest BCUT2D eigenvalue weighted by atomic mass is 31.2. The van der Waals surface area contributed by atoms with E-state index in [9.17, 15) is 0 Å². The summed E-state index contributed by atoms with van der Waals surface area (Å²) < 4.78 is 16.8. The van der Waals surface area contributed by atoms with Gasteiger partial charge in [0.15, 0.2) is 0 Å². The summed E-state index contributed by atoms with van der Waals surface area (Å²) in [4.78, 5) is 0. The van der Waals surface area contributed by atoms with Crippen molar-refractivity contribution in [3.8, 4) is 0 Å². The Balaban J connectivity index is 3.73. The third-order valence-electron chi connectivity index (χ3n) is 1.72. The van der Waals surface area contributed by atoms with Crippen molar-refractivity contribution in [1.82, 2.24) is 0 Å². The topological polar surface area (TPSA) is 27.7 Å². The second-order valence-corrected chi connectivity index (χ2v) is 6.03. The molecule has 0 aliphatic rings. The molecule has 4 heteroatoms. The van der Waals surface area contributed by atoms with Crippen molar-refractivity contribution in [3.05, 3.63) is 0 Å². The van der Waals surface area contributed by atoms with E-state index >= 15 is 0 Å². The Bertz CT molecular complexity index is 150. The maximum absolute atomic E-state index is 5.63. The van der Waals surface area contributed by atoms with Crippen molar-refractivity contribution in [3.63, 3.8) is 0 Å². The van der Waals surface area contributed by atoms with Gasteiger partial charge in [0.25, 0.3) is 0 Å². The quantitative estimate of drug-likeness (QED) is 0.445. The zero-order chi connectivity index (χ0) is 12.6. The van der Waals surface area contributed by atoms with Crippen LogP contribution in [0.5, 0.6) is 0 Å². The summed E-state index contributed by atoms with van der Waals surface area (Å²) >= 11 is 0. The SMILES string of the molecule is CC(C)CCCOP(OC(C)C)OC(C)C. The molecule has 0 aromatic heterocycles. The van der Waals surface area contributed by atoms with Crippen LogP contribution in [0.2, 0.25) is 0 Å². The normalized spacial score (nSPS) is 12.4. The molecule has 0 atom stereocenters. The Morgan fingerprint density at radius 1 is 0.875 bits per heavy atom. The van der Waals surface area contributed by atoms with Crippen LogP contribution in [-0.2, 0) is 13.6 Å². The highest BCUT2D eigenvalue weighted by molar-refractivity contribution is 7.41. The predicted octanol–water partition coefficient (Wildman–Crippen LogP) is 4.52. The third kappa shape index (κ3) is 10.8. The van der Waals surface area contributed by atoms with Crippen LogP contribution in [0.4, 0.5) is 0 Å². The van der Waals surface area contributed by atoms with Crippen LogP contribution in [0.1, 0.15) is 54.4 Å². The van der Waals surface area contributed by atoms with E-state index in [0.29, 0.717) is 0 Å². The maximum Gasteiger partial charge on any atom is 0.333 e. The molecule has 0 bridgehead atoms. The van der Waals surface area contributed by atoms with Gasteiger partial charge in [0, 0.05) is 0 Å². The van der Waals surface area contributed by atoms with E-state index in [1.54, 1.807) is 0 Å². The van der Waals surface area contributed by atoms with Gasteiger partial charge >= 0.3 is 8.60 Å². The van der Waals surface area contributed by atoms with E-state index in [-0.39, 0.29) is 12.2 Å². The van der Waals surface area contributed by atoms with Crippen LogP contribution < -0.4 is 0 Å². The first-order valence-corrected chi connectivity index (χ1v) is 7.28. The molecule has 0 aromatic carbocycles. The van der Waals surface area contributed by atoms with Gasteiger partial charge in [-0.3, -0.25) is 0 Å². The van der Waals surface area contributed by atoms with Crippen LogP contribution in [0.25, 0.3) is 0 Å². The van der Waals surface area contributed by atoms with Crippen LogP contribution in [-0.4, -0.2) is 18.8 Å². The van der Waals surface area contributed by atoms with Crippen molar-refractivity contribution < 1.29 is 13.6 Å². The molecule has 0 saturated heterocycles. The zero-order valence-electron chi connectivity index (χ0n) is 11.5. The summed E-state index contributed by atoms with van der Waals surface area (Å²) in [6.45, 7) is 13.2. The first-order chi connectivity index (χ1) is 7.41. The molecule has 0 unspecified atom stereocenters. The minimum Gasteiger partial charge on any atom is -0.312 e. The van der Waals surface area contributed by atoms with Crippen LogP contribution in [0.15, 0.2) is 0 Å². The third-order valence-corrected chi connectivity index (χ3v) is 3.30. The van der Waals surface area contributed by atoms with E-state index in [0.717, 1.165) is 18.9 Å². The zero-order valence-corrected chi connectivity index (χ0v) is 12.4. The Labute approximate surface area is 102 Å². The summed E-state index contributed by atoms with van der Waals surface area (Å²) in [5.41, 5.74) is 0. The molecule has 0 aliphatic heterocycles. The van der Waals surface area contributed by atoms with Crippen LogP contribution in [0, 0.1) is 5.92 Å². The molecule has 16 heavy (non-hydrogen) atoms. The lowest BCUT2D eigenvalue weighted by atomic mass is 10.1. The lowest BCUT2D eigenvalue weighted by molar-refractivity contribution is 0.111. The Kier molecular flexibility index (Phi) is 9.53. The molecule has 3 nitrogen and oxygen atoms in total. The molecular weight excluding hydrogens is 223 g/mol. The van der Waals surface area contributed by atoms with E-state index in [4.69, 9.17) is 13.6 Å². The summed E-state index contributed by atoms with van der Waals surface area (Å²) in [5, 5.41) is 0. The van der Waals surface area contributed by atoms with E-state index in [1.165, 1.54) is 6.42 Å². The highest BCUT2D eigenvalue weighted by Gasteiger charge is 2.16. The fourth-order valence-electron chi connectivity index (χ4n) is 1.06. The molecule has 98 valence electrons. The molecule has 0 aliphatic carbocycles. The van der Waals surface area contributed by atoms with Crippen molar-refractivity contribution in [2.45, 2.75) is 66.6 Å². The predicted molar refractivity (Wildman–Crippen MR) is 69.4 cm³/mol. The second-order valence-electron chi connectivity index (χ2n) is 4.90. The molecule has 0 saturated carbocycles. The van der Waals surface area contributed by atoms with Gasteiger partial charge in [-0.1, -0.05) is 13.8 Å². The minimum atomic E-state index is -1.17. The van der Waals surface area contributed by atoms with Crippen molar-refractivity contribution in [1.29, 1.82) is 0 Å². The highest BCUT2D eigenvalue weighted by Crippen LogP contribution is 2.42. The number of rotatable bonds is 9. The Hall–Kier alpha value is 0.310. The van der Waals surface area contributed by atoms with E-state index < -0.39 is 8.60 Å². The van der Waals surface area contributed by atoms with Gasteiger partial charge in [0.05, 0.1) is 18.8 Å². The second kappa shape index (κ2) is 9.35. The standard InChI is InChI=1S/C12H27O3P/c1-10(2)8-7-9-13-16(14-11(3)4)15-12(5)6/h10-12H,7-9H2,1-6H3. The number of hydrogen-bond acceptors (Lipinski definition) is 3. The van der Waals surface area contributed by atoms with Gasteiger partial charge in [-0.2, -0.15) is 0 Å². The molecule has 0 N–H and O–H groups in total. The summed E-state index contributed by atoms with van der Waals surface area (Å²) in [6.07, 6.45) is 2.55. The fraction of sp³-hybridized carbons (Fsp3) is 1.00. The number of hydrogen-bond donors (Lipinski definition) is 0. The van der Waals surface area contributed by atoms with Gasteiger partial charge < -0.3 is 13.6 Å². The van der Waals surface area contributed by atoms with E-state index in [1.807, 2.05) is 27.7 Å². The smallest absolute Gasteiger partial charge is 0.312 e. The van der Waals surface area contributed by atoms with Crippen LogP contribution in [0.3, 0.4) is 0 Å². The first kappa shape index (κ1) is 16.3. The first-order valence-electron chi connectivity index (χ1n) is 6.18. The van der Waals surface area contributed by atoms with Crippen LogP contribution >= 0.6 is 8.60 Å². The summed E-state index contributed by atoms with van der Waals surface area (Å²) in [7, 11) is -1.17. The summed E-state index contributed by atoms with van der Waals surface area (Å²) in [5.74, 6) is 0.729. The lowest BCUT2D eigenvalue weighted by Crippen LogP contribution is -2.07. The molecule has 0 amide bonds. The monoisotopic (exact) mass is 250 g/mol.